The van der Waals surface area contributed by atoms with Crippen LogP contribution in [0.3, 0.4) is 0 Å². The van der Waals surface area contributed by atoms with Crippen LogP contribution >= 0.6 is 0 Å². The van der Waals surface area contributed by atoms with E-state index in [1.165, 1.54) is 15.9 Å². The van der Waals surface area contributed by atoms with Gasteiger partial charge in [0.05, 0.1) is 6.61 Å². The van der Waals surface area contributed by atoms with Crippen LogP contribution in [0.1, 0.15) is 31.9 Å². The monoisotopic (exact) mass is 562 g/mol. The second kappa shape index (κ2) is 13.0. The molecular formula is C32H38N2O5S. The molecule has 0 unspecified atom stereocenters. The lowest BCUT2D eigenvalue weighted by molar-refractivity contribution is 0.0733. The molecule has 0 amide bonds. The molecule has 8 heteroatoms. The second-order valence-corrected chi connectivity index (χ2v) is 12.5. The summed E-state index contributed by atoms with van der Waals surface area (Å²) in [6.45, 7) is 6.44. The summed E-state index contributed by atoms with van der Waals surface area (Å²) in [5.74, 6) is 5.64. The van der Waals surface area contributed by atoms with Gasteiger partial charge in [0, 0.05) is 37.2 Å². The van der Waals surface area contributed by atoms with Crippen LogP contribution in [0.15, 0.2) is 77.7 Å². The standard InChI is InChI=1S/C32H38N2O5S/c1-23-19-34(24(2)22-35)40(37,38)32-17-14-26(11-10-25(3)36)18-30(32)39-31(23)21-33(4)20-27-12-15-29(16-13-27)28-8-6-5-7-9-28/h5-9,12-18,23-25,31,35-36H,19-22H2,1-4H3/t23-,24-,25-,31-/m0/s1. The van der Waals surface area contributed by atoms with E-state index in [-0.39, 0.29) is 35.8 Å². The van der Waals surface area contributed by atoms with Crippen LogP contribution in [0.2, 0.25) is 0 Å². The van der Waals surface area contributed by atoms with Crippen molar-refractivity contribution in [3.05, 3.63) is 83.9 Å². The van der Waals surface area contributed by atoms with E-state index in [4.69, 9.17) is 4.74 Å². The zero-order chi connectivity index (χ0) is 28.9. The molecule has 0 spiro atoms. The van der Waals surface area contributed by atoms with Gasteiger partial charge in [-0.15, -0.1) is 0 Å². The molecule has 212 valence electrons. The van der Waals surface area contributed by atoms with Gasteiger partial charge in [0.2, 0.25) is 10.0 Å². The molecule has 0 saturated carbocycles. The Morgan fingerprint density at radius 1 is 1.05 bits per heavy atom. The van der Waals surface area contributed by atoms with Crippen LogP contribution in [0.25, 0.3) is 11.1 Å². The smallest absolute Gasteiger partial charge is 0.247 e. The van der Waals surface area contributed by atoms with Gasteiger partial charge >= 0.3 is 0 Å². The van der Waals surface area contributed by atoms with E-state index in [0.717, 1.165) is 11.1 Å². The second-order valence-electron chi connectivity index (χ2n) is 10.6. The molecule has 0 saturated heterocycles. The van der Waals surface area contributed by atoms with E-state index >= 15 is 0 Å². The minimum Gasteiger partial charge on any atom is -0.487 e. The molecule has 3 aromatic carbocycles. The van der Waals surface area contributed by atoms with Gasteiger partial charge in [-0.05, 0) is 55.8 Å². The fourth-order valence-corrected chi connectivity index (χ4v) is 6.65. The highest BCUT2D eigenvalue weighted by atomic mass is 32.2. The van der Waals surface area contributed by atoms with Gasteiger partial charge in [-0.1, -0.05) is 73.4 Å². The average Bonchev–Trinajstić information content (AvgIpc) is 2.94. The largest absolute Gasteiger partial charge is 0.487 e. The first-order valence-corrected chi connectivity index (χ1v) is 15.0. The van der Waals surface area contributed by atoms with E-state index < -0.39 is 22.2 Å². The molecule has 4 atom stereocenters. The Kier molecular flexibility index (Phi) is 9.67. The minimum absolute atomic E-state index is 0.0476. The Labute approximate surface area is 238 Å². The van der Waals surface area contributed by atoms with E-state index in [2.05, 4.69) is 53.1 Å². The summed E-state index contributed by atoms with van der Waals surface area (Å²) in [6.07, 6.45) is -1.13. The van der Waals surface area contributed by atoms with Crippen molar-refractivity contribution >= 4 is 10.0 Å². The summed E-state index contributed by atoms with van der Waals surface area (Å²) in [5, 5.41) is 19.4. The van der Waals surface area contributed by atoms with Crippen molar-refractivity contribution in [3.8, 4) is 28.7 Å². The molecule has 0 aromatic heterocycles. The van der Waals surface area contributed by atoms with Gasteiger partial charge < -0.3 is 14.9 Å². The van der Waals surface area contributed by atoms with Gasteiger partial charge in [0.15, 0.2) is 0 Å². The minimum atomic E-state index is -3.93. The predicted molar refractivity (Wildman–Crippen MR) is 157 cm³/mol. The molecule has 1 aliphatic rings. The summed E-state index contributed by atoms with van der Waals surface area (Å²) in [4.78, 5) is 2.22. The van der Waals surface area contributed by atoms with Crippen molar-refractivity contribution in [3.63, 3.8) is 0 Å². The Bertz CT molecular complexity index is 1450. The number of rotatable bonds is 7. The van der Waals surface area contributed by atoms with E-state index in [1.54, 1.807) is 26.0 Å². The third kappa shape index (κ3) is 7.11. The number of aliphatic hydroxyl groups excluding tert-OH is 2. The van der Waals surface area contributed by atoms with Crippen molar-refractivity contribution in [2.75, 3.05) is 26.7 Å². The molecule has 2 N–H and O–H groups in total. The number of hydrogen-bond acceptors (Lipinski definition) is 6. The van der Waals surface area contributed by atoms with Crippen LogP contribution in [0, 0.1) is 17.8 Å². The van der Waals surface area contributed by atoms with Gasteiger partial charge in [-0.25, -0.2) is 8.42 Å². The number of ether oxygens (including phenoxy) is 1. The third-order valence-corrected chi connectivity index (χ3v) is 9.12. The van der Waals surface area contributed by atoms with Crippen LogP contribution in [0.4, 0.5) is 0 Å². The normalized spacial score (nSPS) is 20.3. The maximum Gasteiger partial charge on any atom is 0.247 e. The number of likely N-dealkylation sites (N-methyl/N-ethyl adjacent to an activating group) is 1. The van der Waals surface area contributed by atoms with E-state index in [9.17, 15) is 18.6 Å². The fourth-order valence-electron chi connectivity index (χ4n) is 4.83. The third-order valence-electron chi connectivity index (χ3n) is 7.10. The molecular weight excluding hydrogens is 524 g/mol. The molecule has 0 radical (unpaired) electrons. The Hall–Kier alpha value is -3.19. The SMILES string of the molecule is C[C@H](O)C#Cc1ccc2c(c1)O[C@@H](CN(C)Cc1ccc(-c3ccccc3)cc1)[C@@H](C)CN([C@@H](C)CO)S2(=O)=O. The number of aliphatic hydroxyl groups is 2. The number of nitrogens with zero attached hydrogens (tertiary/aromatic N) is 2. The van der Waals surface area contributed by atoms with Crippen molar-refractivity contribution in [1.82, 2.24) is 9.21 Å². The summed E-state index contributed by atoms with van der Waals surface area (Å²) in [6, 6.07) is 22.9. The molecule has 40 heavy (non-hydrogen) atoms. The molecule has 4 rings (SSSR count). The molecule has 1 aliphatic heterocycles. The maximum absolute atomic E-state index is 13.6. The van der Waals surface area contributed by atoms with Gasteiger partial charge in [0.25, 0.3) is 0 Å². The van der Waals surface area contributed by atoms with Gasteiger partial charge in [0.1, 0.15) is 22.9 Å². The first-order chi connectivity index (χ1) is 19.1. The molecule has 1 heterocycles. The van der Waals surface area contributed by atoms with Crippen LogP contribution in [0.5, 0.6) is 5.75 Å². The topological polar surface area (TPSA) is 90.3 Å². The quantitative estimate of drug-likeness (QED) is 0.424. The maximum atomic E-state index is 13.6. The first-order valence-electron chi connectivity index (χ1n) is 13.5. The number of sulfonamides is 1. The zero-order valence-electron chi connectivity index (χ0n) is 23.5. The molecule has 0 bridgehead atoms. The molecule has 0 aliphatic carbocycles. The Balaban J connectivity index is 1.59. The highest BCUT2D eigenvalue weighted by Crippen LogP contribution is 2.34. The number of benzene rings is 3. The highest BCUT2D eigenvalue weighted by molar-refractivity contribution is 7.89. The predicted octanol–water partition coefficient (Wildman–Crippen LogP) is 3.99. The lowest BCUT2D eigenvalue weighted by atomic mass is 10.0. The summed E-state index contributed by atoms with van der Waals surface area (Å²) in [7, 11) is -1.90. The summed E-state index contributed by atoms with van der Waals surface area (Å²) < 4.78 is 35.1. The number of fused-ring (bicyclic) bond motifs is 1. The lowest BCUT2D eigenvalue weighted by Gasteiger charge is -2.37. The molecule has 3 aromatic rings. The van der Waals surface area contributed by atoms with Crippen molar-refractivity contribution in [1.29, 1.82) is 0 Å². The average molecular weight is 563 g/mol. The van der Waals surface area contributed by atoms with Crippen LogP contribution < -0.4 is 4.74 Å². The zero-order valence-corrected chi connectivity index (χ0v) is 24.3. The summed E-state index contributed by atoms with van der Waals surface area (Å²) in [5.41, 5.74) is 4.05. The Morgan fingerprint density at radius 2 is 1.73 bits per heavy atom. The van der Waals surface area contributed by atoms with Crippen LogP contribution in [-0.4, -0.2) is 72.8 Å². The van der Waals surface area contributed by atoms with Crippen molar-refractivity contribution in [2.45, 2.75) is 50.5 Å². The van der Waals surface area contributed by atoms with Gasteiger partial charge in [-0.2, -0.15) is 4.31 Å². The van der Waals surface area contributed by atoms with E-state index in [1.807, 2.05) is 32.2 Å². The van der Waals surface area contributed by atoms with Crippen LogP contribution in [-0.2, 0) is 16.6 Å². The fraction of sp³-hybridized carbons (Fsp3) is 0.375. The van der Waals surface area contributed by atoms with Crippen molar-refractivity contribution in [2.24, 2.45) is 5.92 Å². The Morgan fingerprint density at radius 3 is 2.38 bits per heavy atom. The molecule has 0 fully saturated rings. The summed E-state index contributed by atoms with van der Waals surface area (Å²) >= 11 is 0. The number of hydrogen-bond donors (Lipinski definition) is 2. The van der Waals surface area contributed by atoms with E-state index in [0.29, 0.717) is 18.7 Å². The molecule has 7 nitrogen and oxygen atoms in total. The van der Waals surface area contributed by atoms with Crippen molar-refractivity contribution < 1.29 is 23.4 Å². The first kappa shape index (κ1) is 29.8. The lowest BCUT2D eigenvalue weighted by Crippen LogP contribution is -2.49. The van der Waals surface area contributed by atoms with Gasteiger partial charge in [-0.3, -0.25) is 4.90 Å². The highest BCUT2D eigenvalue weighted by Gasteiger charge is 2.38.